The second kappa shape index (κ2) is 7.13. The van der Waals surface area contributed by atoms with Gasteiger partial charge in [0.2, 0.25) is 5.91 Å². The number of carbonyl (C=O) groups excluding carboxylic acids is 1. The fourth-order valence-corrected chi connectivity index (χ4v) is 2.39. The van der Waals surface area contributed by atoms with E-state index < -0.39 is 0 Å². The first-order valence-corrected chi connectivity index (χ1v) is 7.09. The average molecular weight is 291 g/mol. The van der Waals surface area contributed by atoms with E-state index in [9.17, 15) is 9.90 Å². The second-order valence-electron chi connectivity index (χ2n) is 5.21. The van der Waals surface area contributed by atoms with Crippen molar-refractivity contribution >= 4 is 12.0 Å². The molecule has 2 rings (SSSR count). The van der Waals surface area contributed by atoms with Gasteiger partial charge in [-0.3, -0.25) is 4.79 Å². The number of amides is 1. The molecule has 0 spiro atoms. The Kier molecular flexibility index (Phi) is 5.22. The van der Waals surface area contributed by atoms with Crippen LogP contribution in [0.15, 0.2) is 24.3 Å². The summed E-state index contributed by atoms with van der Waals surface area (Å²) in [6.07, 6.45) is 4.75. The van der Waals surface area contributed by atoms with Crippen LogP contribution in [0.25, 0.3) is 6.08 Å². The van der Waals surface area contributed by atoms with Gasteiger partial charge in [-0.25, -0.2) is 0 Å². The Labute approximate surface area is 124 Å². The highest BCUT2D eigenvalue weighted by molar-refractivity contribution is 5.92. The van der Waals surface area contributed by atoms with Gasteiger partial charge in [0.25, 0.3) is 0 Å². The molecule has 21 heavy (non-hydrogen) atoms. The zero-order valence-corrected chi connectivity index (χ0v) is 12.2. The SMILES string of the molecule is COc1ccc(/C=C/C(=O)N2CCC(CO)CC2)c(O)c1. The standard InChI is InChI=1S/C16H21NO4/c1-21-14-4-2-13(15(19)10-14)3-5-16(20)17-8-6-12(11-18)7-9-17/h2-5,10,12,18-19H,6-9,11H2,1H3/b5-3+. The van der Waals surface area contributed by atoms with Crippen LogP contribution in [-0.4, -0.2) is 47.8 Å². The molecule has 0 aromatic heterocycles. The lowest BCUT2D eigenvalue weighted by Crippen LogP contribution is -2.38. The molecular formula is C16H21NO4. The zero-order valence-electron chi connectivity index (χ0n) is 12.2. The molecule has 1 amide bonds. The number of carbonyl (C=O) groups is 1. The van der Waals surface area contributed by atoms with Gasteiger partial charge in [0, 0.05) is 37.4 Å². The summed E-state index contributed by atoms with van der Waals surface area (Å²) in [4.78, 5) is 13.8. The summed E-state index contributed by atoms with van der Waals surface area (Å²) in [7, 11) is 1.53. The molecule has 114 valence electrons. The fourth-order valence-electron chi connectivity index (χ4n) is 2.39. The first kappa shape index (κ1) is 15.4. The van der Waals surface area contributed by atoms with Gasteiger partial charge in [-0.2, -0.15) is 0 Å². The largest absolute Gasteiger partial charge is 0.507 e. The van der Waals surface area contributed by atoms with Gasteiger partial charge >= 0.3 is 0 Å². The number of methoxy groups -OCH3 is 1. The Morgan fingerprint density at radius 1 is 1.43 bits per heavy atom. The van der Waals surface area contributed by atoms with Crippen molar-refractivity contribution in [3.63, 3.8) is 0 Å². The third-order valence-corrected chi connectivity index (χ3v) is 3.83. The minimum atomic E-state index is -0.0680. The summed E-state index contributed by atoms with van der Waals surface area (Å²) in [6, 6.07) is 4.95. The highest BCUT2D eigenvalue weighted by atomic mass is 16.5. The van der Waals surface area contributed by atoms with E-state index in [1.54, 1.807) is 23.1 Å². The van der Waals surface area contributed by atoms with E-state index in [-0.39, 0.29) is 18.3 Å². The minimum Gasteiger partial charge on any atom is -0.507 e. The van der Waals surface area contributed by atoms with E-state index in [0.29, 0.717) is 30.3 Å². The molecule has 5 nitrogen and oxygen atoms in total. The molecule has 2 N–H and O–H groups in total. The first-order chi connectivity index (χ1) is 10.1. The Bertz CT molecular complexity index is 519. The summed E-state index contributed by atoms with van der Waals surface area (Å²) >= 11 is 0. The second-order valence-corrected chi connectivity index (χ2v) is 5.21. The Balaban J connectivity index is 1.96. The molecule has 1 aliphatic heterocycles. The van der Waals surface area contributed by atoms with Gasteiger partial charge in [-0.15, -0.1) is 0 Å². The van der Waals surface area contributed by atoms with Crippen LogP contribution in [0.3, 0.4) is 0 Å². The predicted octanol–water partition coefficient (Wildman–Crippen LogP) is 1.64. The molecule has 1 aliphatic rings. The number of nitrogens with zero attached hydrogens (tertiary/aromatic N) is 1. The number of ether oxygens (including phenoxy) is 1. The van der Waals surface area contributed by atoms with Crippen molar-refractivity contribution in [3.05, 3.63) is 29.8 Å². The Hall–Kier alpha value is -2.01. The number of phenols is 1. The normalized spacial score (nSPS) is 16.4. The van der Waals surface area contributed by atoms with Crippen LogP contribution in [0, 0.1) is 5.92 Å². The third kappa shape index (κ3) is 3.98. The average Bonchev–Trinajstić information content (AvgIpc) is 2.53. The number of aliphatic hydroxyl groups excluding tert-OH is 1. The Morgan fingerprint density at radius 3 is 2.71 bits per heavy atom. The number of aromatic hydroxyl groups is 1. The van der Waals surface area contributed by atoms with Crippen LogP contribution in [-0.2, 0) is 4.79 Å². The number of hydrogen-bond donors (Lipinski definition) is 2. The van der Waals surface area contributed by atoms with Crippen molar-refractivity contribution in [2.45, 2.75) is 12.8 Å². The molecule has 1 aromatic carbocycles. The predicted molar refractivity (Wildman–Crippen MR) is 80.1 cm³/mol. The number of benzene rings is 1. The highest BCUT2D eigenvalue weighted by Crippen LogP contribution is 2.24. The summed E-state index contributed by atoms with van der Waals surface area (Å²) in [5.41, 5.74) is 0.578. The highest BCUT2D eigenvalue weighted by Gasteiger charge is 2.20. The number of phenolic OH excluding ortho intramolecular Hbond substituents is 1. The summed E-state index contributed by atoms with van der Waals surface area (Å²) in [5.74, 6) is 0.893. The van der Waals surface area contributed by atoms with Crippen molar-refractivity contribution in [2.24, 2.45) is 5.92 Å². The number of likely N-dealkylation sites (tertiary alicyclic amines) is 1. The van der Waals surface area contributed by atoms with Crippen molar-refractivity contribution in [1.82, 2.24) is 4.90 Å². The van der Waals surface area contributed by atoms with E-state index in [1.807, 2.05) is 0 Å². The van der Waals surface area contributed by atoms with E-state index in [1.165, 1.54) is 19.3 Å². The van der Waals surface area contributed by atoms with Crippen LogP contribution in [0.1, 0.15) is 18.4 Å². The van der Waals surface area contributed by atoms with E-state index >= 15 is 0 Å². The fraction of sp³-hybridized carbons (Fsp3) is 0.438. The maximum atomic E-state index is 12.1. The molecule has 0 bridgehead atoms. The molecule has 1 saturated heterocycles. The van der Waals surface area contributed by atoms with Gasteiger partial charge in [-0.05, 0) is 37.0 Å². The van der Waals surface area contributed by atoms with Gasteiger partial charge < -0.3 is 19.8 Å². The monoisotopic (exact) mass is 291 g/mol. The summed E-state index contributed by atoms with van der Waals surface area (Å²) < 4.78 is 5.01. The molecule has 1 aromatic rings. The van der Waals surface area contributed by atoms with Crippen LogP contribution in [0.2, 0.25) is 0 Å². The minimum absolute atomic E-state index is 0.0680. The van der Waals surface area contributed by atoms with Crippen LogP contribution >= 0.6 is 0 Å². The summed E-state index contributed by atoms with van der Waals surface area (Å²) in [6.45, 7) is 1.53. The molecule has 1 fully saturated rings. The number of rotatable bonds is 4. The molecular weight excluding hydrogens is 270 g/mol. The van der Waals surface area contributed by atoms with Crippen LogP contribution in [0.4, 0.5) is 0 Å². The van der Waals surface area contributed by atoms with Gasteiger partial charge in [0.1, 0.15) is 11.5 Å². The summed E-state index contributed by atoms with van der Waals surface area (Å²) in [5, 5.41) is 18.9. The van der Waals surface area contributed by atoms with Crippen molar-refractivity contribution in [3.8, 4) is 11.5 Å². The molecule has 0 saturated carbocycles. The lowest BCUT2D eigenvalue weighted by atomic mass is 9.98. The Morgan fingerprint density at radius 2 is 2.14 bits per heavy atom. The topological polar surface area (TPSA) is 70.0 Å². The number of hydrogen-bond acceptors (Lipinski definition) is 4. The van der Waals surface area contributed by atoms with E-state index in [4.69, 9.17) is 9.84 Å². The zero-order chi connectivity index (χ0) is 15.2. The molecule has 5 heteroatoms. The molecule has 0 atom stereocenters. The lowest BCUT2D eigenvalue weighted by molar-refractivity contribution is -0.127. The van der Waals surface area contributed by atoms with Gasteiger partial charge in [-0.1, -0.05) is 0 Å². The van der Waals surface area contributed by atoms with E-state index in [0.717, 1.165) is 12.8 Å². The van der Waals surface area contributed by atoms with Gasteiger partial charge in [0.15, 0.2) is 0 Å². The molecule has 0 unspecified atom stereocenters. The molecule has 0 aliphatic carbocycles. The first-order valence-electron chi connectivity index (χ1n) is 7.09. The molecule has 0 radical (unpaired) electrons. The number of piperidine rings is 1. The van der Waals surface area contributed by atoms with E-state index in [2.05, 4.69) is 0 Å². The van der Waals surface area contributed by atoms with Crippen molar-refractivity contribution < 1.29 is 19.7 Å². The number of aliphatic hydroxyl groups is 1. The van der Waals surface area contributed by atoms with Crippen LogP contribution in [0.5, 0.6) is 11.5 Å². The maximum absolute atomic E-state index is 12.1. The smallest absolute Gasteiger partial charge is 0.246 e. The lowest BCUT2D eigenvalue weighted by Gasteiger charge is -2.30. The van der Waals surface area contributed by atoms with Crippen molar-refractivity contribution in [2.75, 3.05) is 26.8 Å². The van der Waals surface area contributed by atoms with Crippen molar-refractivity contribution in [1.29, 1.82) is 0 Å². The van der Waals surface area contributed by atoms with Crippen LogP contribution < -0.4 is 4.74 Å². The third-order valence-electron chi connectivity index (χ3n) is 3.83. The van der Waals surface area contributed by atoms with Gasteiger partial charge in [0.05, 0.1) is 7.11 Å². The molecule has 1 heterocycles. The maximum Gasteiger partial charge on any atom is 0.246 e. The quantitative estimate of drug-likeness (QED) is 0.828.